The molecule has 84 valence electrons. The lowest BCUT2D eigenvalue weighted by molar-refractivity contribution is 0.00189. The Hall–Kier alpha value is -0.120. The van der Waals surface area contributed by atoms with Crippen molar-refractivity contribution in [1.29, 1.82) is 0 Å². The third-order valence-electron chi connectivity index (χ3n) is 3.60. The molecule has 0 aliphatic carbocycles. The fraction of sp³-hybridized carbons (Fsp3) is 1.00. The van der Waals surface area contributed by atoms with Crippen LogP contribution in [0.1, 0.15) is 26.2 Å². The molecule has 0 aromatic heterocycles. The van der Waals surface area contributed by atoms with Gasteiger partial charge in [0.2, 0.25) is 0 Å². The first-order chi connectivity index (χ1) is 6.63. The lowest BCUT2D eigenvalue weighted by Crippen LogP contribution is -2.46. The molecule has 0 aromatic carbocycles. The van der Waals surface area contributed by atoms with Gasteiger partial charge in [-0.05, 0) is 51.7 Å². The van der Waals surface area contributed by atoms with Crippen LogP contribution in [-0.2, 0) is 4.74 Å². The minimum Gasteiger partial charge on any atom is -0.384 e. The maximum Gasteiger partial charge on any atom is 0.0520 e. The van der Waals surface area contributed by atoms with E-state index in [2.05, 4.69) is 18.9 Å². The Morgan fingerprint density at radius 1 is 1.57 bits per heavy atom. The number of methoxy groups -OCH3 is 1. The Balaban J connectivity index is 2.59. The molecule has 0 radical (unpaired) electrons. The molecular weight excluding hydrogens is 176 g/mol. The third-order valence-corrected chi connectivity index (χ3v) is 3.60. The second-order valence-corrected chi connectivity index (χ2v) is 4.76. The highest BCUT2D eigenvalue weighted by Crippen LogP contribution is 2.37. The molecule has 3 nitrogen and oxygen atoms in total. The summed E-state index contributed by atoms with van der Waals surface area (Å²) >= 11 is 0. The molecule has 0 aromatic rings. The van der Waals surface area contributed by atoms with Crippen LogP contribution in [0.25, 0.3) is 0 Å². The number of rotatable bonds is 4. The van der Waals surface area contributed by atoms with Gasteiger partial charge in [-0.3, -0.25) is 0 Å². The maximum atomic E-state index is 5.69. The van der Waals surface area contributed by atoms with Gasteiger partial charge in [-0.15, -0.1) is 0 Å². The van der Waals surface area contributed by atoms with Gasteiger partial charge < -0.3 is 15.4 Å². The number of hydrogen-bond acceptors (Lipinski definition) is 3. The number of likely N-dealkylation sites (tertiary alicyclic amines) is 1. The van der Waals surface area contributed by atoms with E-state index >= 15 is 0 Å². The van der Waals surface area contributed by atoms with E-state index in [1.807, 2.05) is 0 Å². The van der Waals surface area contributed by atoms with E-state index in [4.69, 9.17) is 10.5 Å². The van der Waals surface area contributed by atoms with Gasteiger partial charge >= 0.3 is 0 Å². The zero-order chi connectivity index (χ0) is 10.6. The van der Waals surface area contributed by atoms with Crippen molar-refractivity contribution < 1.29 is 4.74 Å². The summed E-state index contributed by atoms with van der Waals surface area (Å²) in [5.41, 5.74) is 6.03. The predicted molar refractivity (Wildman–Crippen MR) is 59.3 cm³/mol. The van der Waals surface area contributed by atoms with Crippen molar-refractivity contribution in [3.8, 4) is 0 Å². The molecular formula is C11H24N2O. The first-order valence-corrected chi connectivity index (χ1v) is 5.53. The molecule has 1 rings (SSSR count). The molecule has 0 saturated carbocycles. The summed E-state index contributed by atoms with van der Waals surface area (Å²) in [7, 11) is 3.99. The van der Waals surface area contributed by atoms with Crippen molar-refractivity contribution >= 4 is 0 Å². The Morgan fingerprint density at radius 3 is 2.79 bits per heavy atom. The van der Waals surface area contributed by atoms with Gasteiger partial charge in [0.1, 0.15) is 0 Å². The topological polar surface area (TPSA) is 38.5 Å². The zero-order valence-corrected chi connectivity index (χ0v) is 9.75. The summed E-state index contributed by atoms with van der Waals surface area (Å²) in [6.07, 6.45) is 3.53. The molecule has 2 N–H and O–H groups in total. The number of nitrogens with zero attached hydrogens (tertiary/aromatic N) is 1. The van der Waals surface area contributed by atoms with Crippen LogP contribution in [0, 0.1) is 5.41 Å². The molecule has 3 heteroatoms. The van der Waals surface area contributed by atoms with Gasteiger partial charge in [-0.25, -0.2) is 0 Å². The van der Waals surface area contributed by atoms with Crippen molar-refractivity contribution in [3.05, 3.63) is 0 Å². The van der Waals surface area contributed by atoms with Crippen LogP contribution in [0.2, 0.25) is 0 Å². The monoisotopic (exact) mass is 200 g/mol. The van der Waals surface area contributed by atoms with Crippen LogP contribution < -0.4 is 5.73 Å². The van der Waals surface area contributed by atoms with Gasteiger partial charge in [-0.1, -0.05) is 0 Å². The molecule has 1 heterocycles. The summed E-state index contributed by atoms with van der Waals surface area (Å²) in [6, 6.07) is 0.658. The lowest BCUT2D eigenvalue weighted by atomic mass is 9.74. The van der Waals surface area contributed by atoms with Crippen molar-refractivity contribution in [2.45, 2.75) is 32.2 Å². The molecule has 1 fully saturated rings. The smallest absolute Gasteiger partial charge is 0.0520 e. The van der Waals surface area contributed by atoms with Crippen molar-refractivity contribution in [1.82, 2.24) is 4.90 Å². The Bertz CT molecular complexity index is 167. The van der Waals surface area contributed by atoms with Crippen molar-refractivity contribution in [2.75, 3.05) is 33.9 Å². The molecule has 2 unspecified atom stereocenters. The van der Waals surface area contributed by atoms with Crippen LogP contribution in [0.15, 0.2) is 0 Å². The van der Waals surface area contributed by atoms with E-state index < -0.39 is 0 Å². The largest absolute Gasteiger partial charge is 0.384 e. The highest BCUT2D eigenvalue weighted by atomic mass is 16.5. The van der Waals surface area contributed by atoms with E-state index in [1.54, 1.807) is 7.11 Å². The first kappa shape index (κ1) is 12.0. The minimum absolute atomic E-state index is 0.343. The summed E-state index contributed by atoms with van der Waals surface area (Å²) in [6.45, 7) is 5.10. The SMILES string of the molecule is COCC1(CCN)CCN(C)C(C)C1. The summed E-state index contributed by atoms with van der Waals surface area (Å²) < 4.78 is 5.35. The van der Waals surface area contributed by atoms with E-state index in [-0.39, 0.29) is 0 Å². The molecule has 1 aliphatic rings. The predicted octanol–water partition coefficient (Wildman–Crippen LogP) is 1.08. The molecule has 0 bridgehead atoms. The number of piperidine rings is 1. The van der Waals surface area contributed by atoms with Crippen LogP contribution >= 0.6 is 0 Å². The molecule has 14 heavy (non-hydrogen) atoms. The fourth-order valence-corrected chi connectivity index (χ4v) is 2.56. The van der Waals surface area contributed by atoms with Gasteiger partial charge in [0.15, 0.2) is 0 Å². The van der Waals surface area contributed by atoms with E-state index in [0.717, 1.165) is 19.6 Å². The molecule has 0 amide bonds. The highest BCUT2D eigenvalue weighted by Gasteiger charge is 2.36. The standard InChI is InChI=1S/C11H24N2O/c1-10-8-11(4-6-12,9-14-3)5-7-13(10)2/h10H,4-9,12H2,1-3H3. The number of nitrogens with two attached hydrogens (primary N) is 1. The second-order valence-electron chi connectivity index (χ2n) is 4.76. The Morgan fingerprint density at radius 2 is 2.29 bits per heavy atom. The van der Waals surface area contributed by atoms with Gasteiger partial charge in [0.05, 0.1) is 6.61 Å². The lowest BCUT2D eigenvalue weighted by Gasteiger charge is -2.44. The van der Waals surface area contributed by atoms with E-state index in [0.29, 0.717) is 11.5 Å². The fourth-order valence-electron chi connectivity index (χ4n) is 2.56. The van der Waals surface area contributed by atoms with Crippen LogP contribution in [0.5, 0.6) is 0 Å². The average Bonchev–Trinajstić information content (AvgIpc) is 2.13. The molecule has 1 aliphatic heterocycles. The van der Waals surface area contributed by atoms with Gasteiger partial charge in [0, 0.05) is 13.2 Å². The average molecular weight is 200 g/mol. The maximum absolute atomic E-state index is 5.69. The number of hydrogen-bond donors (Lipinski definition) is 1. The zero-order valence-electron chi connectivity index (χ0n) is 9.75. The Labute approximate surface area is 87.6 Å². The van der Waals surface area contributed by atoms with Gasteiger partial charge in [0.25, 0.3) is 0 Å². The first-order valence-electron chi connectivity index (χ1n) is 5.53. The van der Waals surface area contributed by atoms with Crippen LogP contribution in [-0.4, -0.2) is 44.8 Å². The number of ether oxygens (including phenoxy) is 1. The van der Waals surface area contributed by atoms with Crippen molar-refractivity contribution in [3.63, 3.8) is 0 Å². The molecule has 2 atom stereocenters. The van der Waals surface area contributed by atoms with Crippen molar-refractivity contribution in [2.24, 2.45) is 11.1 Å². The normalized spacial score (nSPS) is 34.7. The third kappa shape index (κ3) is 2.69. The minimum atomic E-state index is 0.343. The molecule has 0 spiro atoms. The summed E-state index contributed by atoms with van der Waals surface area (Å²) in [5.74, 6) is 0. The van der Waals surface area contributed by atoms with Crippen LogP contribution in [0.4, 0.5) is 0 Å². The second kappa shape index (κ2) is 5.10. The summed E-state index contributed by atoms with van der Waals surface area (Å²) in [5, 5.41) is 0. The van der Waals surface area contributed by atoms with Gasteiger partial charge in [-0.2, -0.15) is 0 Å². The highest BCUT2D eigenvalue weighted by molar-refractivity contribution is 4.89. The Kier molecular flexibility index (Phi) is 4.35. The quantitative estimate of drug-likeness (QED) is 0.738. The van der Waals surface area contributed by atoms with E-state index in [1.165, 1.54) is 19.4 Å². The van der Waals surface area contributed by atoms with Crippen LogP contribution in [0.3, 0.4) is 0 Å². The molecule has 1 saturated heterocycles. The van der Waals surface area contributed by atoms with E-state index in [9.17, 15) is 0 Å². The summed E-state index contributed by atoms with van der Waals surface area (Å²) in [4.78, 5) is 2.42.